The van der Waals surface area contributed by atoms with Crippen LogP contribution in [0.1, 0.15) is 24.3 Å². The topological polar surface area (TPSA) is 63.7 Å². The Balaban J connectivity index is 1.94. The smallest absolute Gasteiger partial charge is 0.216 e. The molecular formula is C17H18N4OS. The summed E-state index contributed by atoms with van der Waals surface area (Å²) < 4.78 is 0. The first-order chi connectivity index (χ1) is 11.0. The van der Waals surface area contributed by atoms with Gasteiger partial charge in [-0.05, 0) is 36.9 Å². The molecule has 5 nitrogen and oxygen atoms in total. The molecule has 0 saturated carbocycles. The number of guanidine groups is 1. The van der Waals surface area contributed by atoms with Crippen LogP contribution in [0.5, 0.6) is 0 Å². The fourth-order valence-corrected chi connectivity index (χ4v) is 3.36. The summed E-state index contributed by atoms with van der Waals surface area (Å²) in [5, 5.41) is 3.60. The van der Waals surface area contributed by atoms with Crippen molar-refractivity contribution >= 4 is 17.3 Å². The first-order valence-corrected chi connectivity index (χ1v) is 8.09. The number of pyridine rings is 1. The normalized spacial score (nSPS) is 20.7. The third kappa shape index (κ3) is 3.07. The van der Waals surface area contributed by atoms with Crippen LogP contribution in [0.25, 0.3) is 11.1 Å². The molecule has 2 N–H and O–H groups in total. The fourth-order valence-electron chi connectivity index (χ4n) is 2.35. The summed E-state index contributed by atoms with van der Waals surface area (Å²) in [6.45, 7) is 4.31. The lowest BCUT2D eigenvalue weighted by atomic mass is 10.00. The summed E-state index contributed by atoms with van der Waals surface area (Å²) in [5.41, 5.74) is 8.49. The summed E-state index contributed by atoms with van der Waals surface area (Å²) in [7, 11) is 1.75. The number of hydrogen-bond acceptors (Lipinski definition) is 6. The van der Waals surface area contributed by atoms with Crippen LogP contribution >= 0.6 is 11.3 Å². The van der Waals surface area contributed by atoms with Crippen molar-refractivity contribution in [3.63, 3.8) is 0 Å². The molecule has 2 aromatic rings. The molecule has 0 fully saturated rings. The van der Waals surface area contributed by atoms with Gasteiger partial charge in [-0.3, -0.25) is 9.82 Å². The second-order valence-electron chi connectivity index (χ2n) is 5.55. The van der Waals surface area contributed by atoms with Crippen LogP contribution in [-0.4, -0.2) is 29.7 Å². The maximum atomic E-state index is 5.89. The van der Waals surface area contributed by atoms with Gasteiger partial charge in [-0.15, -0.1) is 17.3 Å². The van der Waals surface area contributed by atoms with E-state index in [2.05, 4.69) is 33.3 Å². The minimum Gasteiger partial charge on any atom is -0.368 e. The van der Waals surface area contributed by atoms with E-state index in [1.807, 2.05) is 26.1 Å². The Morgan fingerprint density at radius 1 is 1.35 bits per heavy atom. The first kappa shape index (κ1) is 15.5. The minimum atomic E-state index is -0.465. The van der Waals surface area contributed by atoms with E-state index in [4.69, 9.17) is 10.6 Å². The molecule has 0 aliphatic carbocycles. The van der Waals surface area contributed by atoms with Crippen molar-refractivity contribution in [3.8, 4) is 23.0 Å². The highest BCUT2D eigenvalue weighted by atomic mass is 32.1. The van der Waals surface area contributed by atoms with Crippen LogP contribution < -0.4 is 5.73 Å². The molecule has 118 valence electrons. The number of nitrogens with zero attached hydrogens (tertiary/aromatic N) is 3. The average Bonchev–Trinajstić information content (AvgIpc) is 3.03. The number of nitrogens with two attached hydrogens (primary N) is 1. The van der Waals surface area contributed by atoms with E-state index in [0.29, 0.717) is 12.6 Å². The van der Waals surface area contributed by atoms with Crippen molar-refractivity contribution in [2.45, 2.75) is 19.4 Å². The molecule has 23 heavy (non-hydrogen) atoms. The Morgan fingerprint density at radius 2 is 2.17 bits per heavy atom. The highest BCUT2D eigenvalue weighted by Crippen LogP contribution is 2.36. The van der Waals surface area contributed by atoms with Crippen molar-refractivity contribution in [2.24, 2.45) is 10.7 Å². The molecule has 6 heteroatoms. The van der Waals surface area contributed by atoms with Crippen molar-refractivity contribution in [2.75, 3.05) is 13.7 Å². The summed E-state index contributed by atoms with van der Waals surface area (Å²) in [6.07, 6.45) is 3.61. The van der Waals surface area contributed by atoms with Gasteiger partial charge in [0.05, 0.1) is 0 Å². The van der Waals surface area contributed by atoms with Crippen LogP contribution in [-0.2, 0) is 10.4 Å². The van der Waals surface area contributed by atoms with Gasteiger partial charge in [0.25, 0.3) is 0 Å². The van der Waals surface area contributed by atoms with Gasteiger partial charge in [0, 0.05) is 35.4 Å². The molecule has 0 bridgehead atoms. The van der Waals surface area contributed by atoms with Crippen LogP contribution in [0.4, 0.5) is 0 Å². The van der Waals surface area contributed by atoms with E-state index >= 15 is 0 Å². The number of aliphatic imine (C=N–C) groups is 1. The zero-order chi connectivity index (χ0) is 16.4. The van der Waals surface area contributed by atoms with E-state index < -0.39 is 5.54 Å². The summed E-state index contributed by atoms with van der Waals surface area (Å²) in [6, 6.07) is 4.16. The lowest BCUT2D eigenvalue weighted by Gasteiger charge is -2.33. The van der Waals surface area contributed by atoms with Crippen LogP contribution in [0.15, 0.2) is 34.9 Å². The summed E-state index contributed by atoms with van der Waals surface area (Å²) in [4.78, 5) is 15.5. The number of thiophene rings is 1. The molecule has 3 rings (SSSR count). The number of hydroxylamine groups is 2. The summed E-state index contributed by atoms with van der Waals surface area (Å²) >= 11 is 1.65. The molecule has 0 saturated heterocycles. The Kier molecular flexibility index (Phi) is 4.07. The molecule has 1 unspecified atom stereocenters. The minimum absolute atomic E-state index is 0.385. The molecule has 2 aromatic heterocycles. The quantitative estimate of drug-likeness (QED) is 0.862. The molecule has 0 amide bonds. The van der Waals surface area contributed by atoms with Gasteiger partial charge in [0.15, 0.2) is 0 Å². The molecule has 0 radical (unpaired) electrons. The van der Waals surface area contributed by atoms with Crippen molar-refractivity contribution in [3.05, 3.63) is 40.3 Å². The molecule has 0 aromatic carbocycles. The van der Waals surface area contributed by atoms with E-state index in [9.17, 15) is 0 Å². The molecule has 3 heterocycles. The number of rotatable bonds is 2. The van der Waals surface area contributed by atoms with Gasteiger partial charge < -0.3 is 5.73 Å². The zero-order valence-corrected chi connectivity index (χ0v) is 14.1. The van der Waals surface area contributed by atoms with Gasteiger partial charge in [-0.2, -0.15) is 0 Å². The second-order valence-corrected chi connectivity index (χ2v) is 6.46. The maximum absolute atomic E-state index is 5.89. The van der Waals surface area contributed by atoms with Gasteiger partial charge >= 0.3 is 0 Å². The van der Waals surface area contributed by atoms with E-state index in [1.165, 1.54) is 5.06 Å². The van der Waals surface area contributed by atoms with E-state index in [-0.39, 0.29) is 0 Å². The lowest BCUT2D eigenvalue weighted by molar-refractivity contribution is -0.112. The number of hydrogen-bond donors (Lipinski definition) is 1. The second kappa shape index (κ2) is 6.03. The van der Waals surface area contributed by atoms with Crippen molar-refractivity contribution < 1.29 is 4.84 Å². The predicted octanol–water partition coefficient (Wildman–Crippen LogP) is 2.59. The standard InChI is InChI=1S/C17H18N4OS/c1-4-5-12-6-13(9-19-8-12)14-7-15(23-10-14)17(2)11-22-21(3)16(18)20-17/h6-10H,11H2,1-3H3,(H2,18,20). The third-order valence-electron chi connectivity index (χ3n) is 3.69. The van der Waals surface area contributed by atoms with Gasteiger partial charge in [0.1, 0.15) is 12.1 Å². The monoisotopic (exact) mass is 326 g/mol. The molecule has 0 spiro atoms. The van der Waals surface area contributed by atoms with Gasteiger partial charge in [0.2, 0.25) is 5.96 Å². The maximum Gasteiger partial charge on any atom is 0.216 e. The van der Waals surface area contributed by atoms with E-state index in [0.717, 1.165) is 21.6 Å². The highest BCUT2D eigenvalue weighted by molar-refractivity contribution is 7.10. The molecular weight excluding hydrogens is 308 g/mol. The Morgan fingerprint density at radius 3 is 2.91 bits per heavy atom. The molecule has 1 atom stereocenters. The highest BCUT2D eigenvalue weighted by Gasteiger charge is 2.33. The van der Waals surface area contributed by atoms with Crippen molar-refractivity contribution in [1.29, 1.82) is 0 Å². The predicted molar refractivity (Wildman–Crippen MR) is 92.8 cm³/mol. The van der Waals surface area contributed by atoms with Crippen molar-refractivity contribution in [1.82, 2.24) is 10.0 Å². The van der Waals surface area contributed by atoms with Gasteiger partial charge in [-0.25, -0.2) is 10.1 Å². The molecule has 1 aliphatic rings. The summed E-state index contributed by atoms with van der Waals surface area (Å²) in [5.74, 6) is 6.31. The SMILES string of the molecule is CC#Cc1cncc(-c2csc(C3(C)CON(C)C(N)=N3)c2)c1. The van der Waals surface area contributed by atoms with Crippen LogP contribution in [0.3, 0.4) is 0 Å². The Labute approximate surface area is 139 Å². The average molecular weight is 326 g/mol. The largest absolute Gasteiger partial charge is 0.368 e. The Bertz CT molecular complexity index is 817. The fraction of sp³-hybridized carbons (Fsp3) is 0.294. The van der Waals surface area contributed by atoms with Gasteiger partial charge in [-0.1, -0.05) is 5.92 Å². The van der Waals surface area contributed by atoms with Crippen LogP contribution in [0.2, 0.25) is 0 Å². The third-order valence-corrected chi connectivity index (χ3v) is 4.88. The number of aromatic nitrogens is 1. The van der Waals surface area contributed by atoms with E-state index in [1.54, 1.807) is 24.6 Å². The zero-order valence-electron chi connectivity index (χ0n) is 13.3. The Hall–Kier alpha value is -2.36. The first-order valence-electron chi connectivity index (χ1n) is 7.21. The molecule has 1 aliphatic heterocycles. The van der Waals surface area contributed by atoms with Crippen LogP contribution in [0, 0.1) is 11.8 Å². The lowest BCUT2D eigenvalue weighted by Crippen LogP contribution is -2.45.